The number of fused-ring (bicyclic) bond motifs is 1. The summed E-state index contributed by atoms with van der Waals surface area (Å²) in [4.78, 5) is 14.2. The fourth-order valence-electron chi connectivity index (χ4n) is 4.44. The molecule has 4 rings (SSSR count). The first-order chi connectivity index (χ1) is 15.0. The van der Waals surface area contributed by atoms with Gasteiger partial charge in [-0.1, -0.05) is 23.7 Å². The Morgan fingerprint density at radius 2 is 2.03 bits per heavy atom. The van der Waals surface area contributed by atoms with E-state index in [4.69, 9.17) is 21.1 Å². The Balaban J connectivity index is 1.27. The number of hydrogen-bond acceptors (Lipinski definition) is 5. The van der Waals surface area contributed by atoms with E-state index in [9.17, 15) is 9.90 Å². The van der Waals surface area contributed by atoms with Crippen LogP contribution in [-0.4, -0.2) is 60.9 Å². The Morgan fingerprint density at radius 3 is 2.81 bits per heavy atom. The van der Waals surface area contributed by atoms with Crippen LogP contribution in [0.5, 0.6) is 11.5 Å². The molecule has 166 valence electrons. The third kappa shape index (κ3) is 5.14. The number of ether oxygens (including phenoxy) is 2. The van der Waals surface area contributed by atoms with Crippen LogP contribution in [0.3, 0.4) is 0 Å². The molecule has 1 fully saturated rings. The van der Waals surface area contributed by atoms with Crippen LogP contribution in [0.1, 0.15) is 35.2 Å². The topological polar surface area (TPSA) is 71.0 Å². The van der Waals surface area contributed by atoms with Crippen LogP contribution < -0.4 is 14.8 Å². The van der Waals surface area contributed by atoms with E-state index >= 15 is 0 Å². The van der Waals surface area contributed by atoms with E-state index in [0.717, 1.165) is 49.5 Å². The van der Waals surface area contributed by atoms with Crippen molar-refractivity contribution < 1.29 is 19.4 Å². The number of β-amino-alcohol motifs (C(OH)–C–C–N with tert-alkyl or cyclic N) is 1. The maximum absolute atomic E-state index is 12.0. The first-order valence-electron chi connectivity index (χ1n) is 10.8. The van der Waals surface area contributed by atoms with Gasteiger partial charge in [0.15, 0.2) is 0 Å². The van der Waals surface area contributed by atoms with Gasteiger partial charge < -0.3 is 24.8 Å². The van der Waals surface area contributed by atoms with Crippen molar-refractivity contribution in [2.45, 2.75) is 37.4 Å². The van der Waals surface area contributed by atoms with E-state index in [1.165, 1.54) is 5.56 Å². The number of nitrogens with zero attached hydrogens (tertiary/aromatic N) is 1. The number of piperidine rings is 1. The fraction of sp³-hybridized carbons (Fsp3) is 0.458. The maximum Gasteiger partial charge on any atom is 0.254 e. The van der Waals surface area contributed by atoms with Crippen LogP contribution >= 0.6 is 11.6 Å². The predicted molar refractivity (Wildman–Crippen MR) is 120 cm³/mol. The van der Waals surface area contributed by atoms with Crippen molar-refractivity contribution in [1.82, 2.24) is 10.2 Å². The number of halogens is 1. The van der Waals surface area contributed by atoms with Crippen LogP contribution in [0.25, 0.3) is 0 Å². The van der Waals surface area contributed by atoms with Crippen molar-refractivity contribution in [1.29, 1.82) is 0 Å². The standard InChI is InChI=1S/C24H29ClN2O4/c1-26-23(29)20-4-2-3-5-22(20)30-16-19(28)15-27-12-10-24(11-13-27)9-8-17-14-18(25)6-7-21(17)31-24/h2-7,14,19,28H,8-13,15-16H2,1H3,(H,26,29)/t19-/m1/s1. The maximum atomic E-state index is 12.0. The number of aryl methyl sites for hydroxylation is 1. The quantitative estimate of drug-likeness (QED) is 0.715. The van der Waals surface area contributed by atoms with Gasteiger partial charge in [0, 0.05) is 31.7 Å². The summed E-state index contributed by atoms with van der Waals surface area (Å²) in [6.07, 6.45) is 3.21. The first kappa shape index (κ1) is 21.9. The molecule has 2 N–H and O–H groups in total. The van der Waals surface area contributed by atoms with Crippen LogP contribution in [0, 0.1) is 0 Å². The van der Waals surface area contributed by atoms with Gasteiger partial charge in [0.2, 0.25) is 0 Å². The minimum absolute atomic E-state index is 0.120. The number of aliphatic hydroxyl groups excluding tert-OH is 1. The van der Waals surface area contributed by atoms with Crippen LogP contribution in [0.15, 0.2) is 42.5 Å². The smallest absolute Gasteiger partial charge is 0.254 e. The van der Waals surface area contributed by atoms with Gasteiger partial charge in [0.25, 0.3) is 5.91 Å². The van der Waals surface area contributed by atoms with Gasteiger partial charge in [-0.3, -0.25) is 4.79 Å². The van der Waals surface area contributed by atoms with Gasteiger partial charge in [-0.05, 0) is 61.6 Å². The van der Waals surface area contributed by atoms with Crippen LogP contribution in [-0.2, 0) is 6.42 Å². The molecular weight excluding hydrogens is 416 g/mol. The van der Waals surface area contributed by atoms with Gasteiger partial charge in [0.1, 0.15) is 29.8 Å². The number of para-hydroxylation sites is 1. The number of carbonyl (C=O) groups excluding carboxylic acids is 1. The highest BCUT2D eigenvalue weighted by atomic mass is 35.5. The Labute approximate surface area is 188 Å². The van der Waals surface area contributed by atoms with Crippen LogP contribution in [0.2, 0.25) is 5.02 Å². The lowest BCUT2D eigenvalue weighted by Crippen LogP contribution is -2.51. The molecule has 7 heteroatoms. The molecule has 0 aromatic heterocycles. The normalized spacial score (nSPS) is 18.7. The number of benzene rings is 2. The second kappa shape index (κ2) is 9.47. The molecule has 1 saturated heterocycles. The molecule has 1 atom stereocenters. The van der Waals surface area contributed by atoms with Crippen molar-refractivity contribution in [2.75, 3.05) is 33.3 Å². The second-order valence-corrected chi connectivity index (χ2v) is 8.81. The van der Waals surface area contributed by atoms with Crippen molar-refractivity contribution in [2.24, 2.45) is 0 Å². The molecule has 2 aromatic rings. The summed E-state index contributed by atoms with van der Waals surface area (Å²) in [5.74, 6) is 1.22. The minimum Gasteiger partial charge on any atom is -0.490 e. The number of amides is 1. The highest BCUT2D eigenvalue weighted by molar-refractivity contribution is 6.30. The molecule has 0 bridgehead atoms. The van der Waals surface area contributed by atoms with Crippen molar-refractivity contribution in [3.05, 3.63) is 58.6 Å². The van der Waals surface area contributed by atoms with Gasteiger partial charge >= 0.3 is 0 Å². The van der Waals surface area contributed by atoms with E-state index in [2.05, 4.69) is 10.2 Å². The zero-order chi connectivity index (χ0) is 21.8. The Morgan fingerprint density at radius 1 is 1.26 bits per heavy atom. The average Bonchev–Trinajstić information content (AvgIpc) is 2.79. The molecule has 0 radical (unpaired) electrons. The first-order valence-corrected chi connectivity index (χ1v) is 11.2. The summed E-state index contributed by atoms with van der Waals surface area (Å²) < 4.78 is 12.2. The molecular formula is C24H29ClN2O4. The lowest BCUT2D eigenvalue weighted by molar-refractivity contribution is -0.0271. The molecule has 0 saturated carbocycles. The lowest BCUT2D eigenvalue weighted by Gasteiger charge is -2.45. The summed E-state index contributed by atoms with van der Waals surface area (Å²) in [5, 5.41) is 13.9. The number of aliphatic hydroxyl groups is 1. The molecule has 2 aliphatic heterocycles. The van der Waals surface area contributed by atoms with E-state index < -0.39 is 6.10 Å². The van der Waals surface area contributed by atoms with Gasteiger partial charge in [0.05, 0.1) is 5.56 Å². The summed E-state index contributed by atoms with van der Waals surface area (Å²) in [6, 6.07) is 12.9. The second-order valence-electron chi connectivity index (χ2n) is 8.38. The molecule has 0 aliphatic carbocycles. The number of carbonyl (C=O) groups is 1. The minimum atomic E-state index is -0.637. The molecule has 2 aromatic carbocycles. The third-order valence-electron chi connectivity index (χ3n) is 6.23. The SMILES string of the molecule is CNC(=O)c1ccccc1OC[C@H](O)CN1CCC2(CCc3cc(Cl)ccc3O2)CC1. The summed E-state index contributed by atoms with van der Waals surface area (Å²) in [7, 11) is 1.58. The number of nitrogens with one attached hydrogen (secondary N) is 1. The molecule has 0 unspecified atom stereocenters. The molecule has 31 heavy (non-hydrogen) atoms. The van der Waals surface area contributed by atoms with E-state index in [1.807, 2.05) is 24.3 Å². The average molecular weight is 445 g/mol. The zero-order valence-electron chi connectivity index (χ0n) is 17.8. The van der Waals surface area contributed by atoms with E-state index in [1.54, 1.807) is 25.2 Å². The Hall–Kier alpha value is -2.28. The van der Waals surface area contributed by atoms with E-state index in [-0.39, 0.29) is 18.1 Å². The van der Waals surface area contributed by atoms with E-state index in [0.29, 0.717) is 17.9 Å². The molecule has 6 nitrogen and oxygen atoms in total. The monoisotopic (exact) mass is 444 g/mol. The fourth-order valence-corrected chi connectivity index (χ4v) is 4.63. The predicted octanol–water partition coefficient (Wildman–Crippen LogP) is 3.30. The highest BCUT2D eigenvalue weighted by Gasteiger charge is 2.39. The third-order valence-corrected chi connectivity index (χ3v) is 6.46. The van der Waals surface area contributed by atoms with Gasteiger partial charge in [-0.2, -0.15) is 0 Å². The van der Waals surface area contributed by atoms with Crippen molar-refractivity contribution in [3.8, 4) is 11.5 Å². The lowest BCUT2D eigenvalue weighted by atomic mass is 9.83. The van der Waals surface area contributed by atoms with Crippen LogP contribution in [0.4, 0.5) is 0 Å². The number of likely N-dealkylation sites (tertiary alicyclic amines) is 1. The van der Waals surface area contributed by atoms with Crippen molar-refractivity contribution >= 4 is 17.5 Å². The summed E-state index contributed by atoms with van der Waals surface area (Å²) in [5.41, 5.74) is 1.53. The van der Waals surface area contributed by atoms with Crippen molar-refractivity contribution in [3.63, 3.8) is 0 Å². The molecule has 1 spiro atoms. The Kier molecular flexibility index (Phi) is 6.70. The number of rotatable bonds is 6. The zero-order valence-corrected chi connectivity index (χ0v) is 18.5. The molecule has 1 amide bonds. The number of hydrogen-bond donors (Lipinski definition) is 2. The Bertz CT molecular complexity index is 928. The molecule has 2 aliphatic rings. The van der Waals surface area contributed by atoms with Gasteiger partial charge in [-0.15, -0.1) is 0 Å². The summed E-state index contributed by atoms with van der Waals surface area (Å²) >= 11 is 6.10. The summed E-state index contributed by atoms with van der Waals surface area (Å²) in [6.45, 7) is 2.41. The largest absolute Gasteiger partial charge is 0.490 e. The van der Waals surface area contributed by atoms with Gasteiger partial charge in [-0.25, -0.2) is 0 Å². The highest BCUT2D eigenvalue weighted by Crippen LogP contribution is 2.40. The molecule has 2 heterocycles.